The summed E-state index contributed by atoms with van der Waals surface area (Å²) in [6.07, 6.45) is 18.2. The molecular formula is C22H45NO2S. The minimum atomic E-state index is 0.0156. The second-order valence-electron chi connectivity index (χ2n) is 7.35. The standard InChI is InChI=1S/C22H45NO2S/c1-3-5-7-8-9-10-13-16-20-26-21(17-6-4-2)22(24)25-19-15-12-11-14-18-23/h21H,3-20,23H2,1-2H3. The Hall–Kier alpha value is -0.220. The maximum atomic E-state index is 12.3. The largest absolute Gasteiger partial charge is 0.465 e. The summed E-state index contributed by atoms with van der Waals surface area (Å²) in [5.74, 6) is 1.11. The minimum Gasteiger partial charge on any atom is -0.465 e. The molecule has 3 nitrogen and oxygen atoms in total. The highest BCUT2D eigenvalue weighted by Gasteiger charge is 2.19. The molecule has 0 rings (SSSR count). The molecule has 0 aromatic heterocycles. The highest BCUT2D eigenvalue weighted by atomic mass is 32.2. The summed E-state index contributed by atoms with van der Waals surface area (Å²) < 4.78 is 5.52. The fourth-order valence-electron chi connectivity index (χ4n) is 2.99. The first kappa shape index (κ1) is 25.8. The molecule has 0 fully saturated rings. The molecule has 0 aliphatic carbocycles. The summed E-state index contributed by atoms with van der Waals surface area (Å²) in [6.45, 7) is 5.78. The van der Waals surface area contributed by atoms with Crippen LogP contribution in [0.5, 0.6) is 0 Å². The molecule has 0 amide bonds. The third-order valence-electron chi connectivity index (χ3n) is 4.74. The molecular weight excluding hydrogens is 342 g/mol. The Morgan fingerprint density at radius 3 is 2.04 bits per heavy atom. The number of rotatable bonds is 20. The molecule has 0 aromatic rings. The van der Waals surface area contributed by atoms with Crippen LogP contribution in [-0.4, -0.2) is 30.1 Å². The first-order chi connectivity index (χ1) is 12.8. The van der Waals surface area contributed by atoms with Crippen LogP contribution in [0, 0.1) is 0 Å². The van der Waals surface area contributed by atoms with E-state index in [0.717, 1.165) is 57.2 Å². The molecule has 0 bridgehead atoms. The molecule has 1 unspecified atom stereocenters. The van der Waals surface area contributed by atoms with Crippen LogP contribution in [0.3, 0.4) is 0 Å². The van der Waals surface area contributed by atoms with E-state index in [1.165, 1.54) is 51.4 Å². The van der Waals surface area contributed by atoms with Gasteiger partial charge in [0.05, 0.1) is 6.61 Å². The van der Waals surface area contributed by atoms with Gasteiger partial charge in [0.2, 0.25) is 0 Å². The smallest absolute Gasteiger partial charge is 0.319 e. The summed E-state index contributed by atoms with van der Waals surface area (Å²) in [5, 5.41) is 0.0450. The first-order valence-electron chi connectivity index (χ1n) is 11.2. The number of thioether (sulfide) groups is 1. The molecule has 0 aliphatic rings. The molecule has 4 heteroatoms. The Morgan fingerprint density at radius 2 is 1.38 bits per heavy atom. The van der Waals surface area contributed by atoms with Gasteiger partial charge in [0.25, 0.3) is 0 Å². The Bertz CT molecular complexity index is 300. The van der Waals surface area contributed by atoms with E-state index >= 15 is 0 Å². The SMILES string of the molecule is CCCCCCCCCCSC(CCCC)C(=O)OCCCCCCN. The average molecular weight is 388 g/mol. The highest BCUT2D eigenvalue weighted by Crippen LogP contribution is 2.21. The number of hydrogen-bond donors (Lipinski definition) is 1. The van der Waals surface area contributed by atoms with Crippen LogP contribution in [0.25, 0.3) is 0 Å². The predicted molar refractivity (Wildman–Crippen MR) is 117 cm³/mol. The van der Waals surface area contributed by atoms with Crippen molar-refractivity contribution >= 4 is 17.7 Å². The van der Waals surface area contributed by atoms with E-state index in [4.69, 9.17) is 10.5 Å². The van der Waals surface area contributed by atoms with Gasteiger partial charge in [-0.1, -0.05) is 84.5 Å². The molecule has 0 heterocycles. The normalized spacial score (nSPS) is 12.3. The van der Waals surface area contributed by atoms with Crippen molar-refractivity contribution in [2.45, 2.75) is 115 Å². The maximum absolute atomic E-state index is 12.3. The van der Waals surface area contributed by atoms with Crippen molar-refractivity contribution in [3.63, 3.8) is 0 Å². The van der Waals surface area contributed by atoms with Gasteiger partial charge in [-0.15, -0.1) is 11.8 Å². The van der Waals surface area contributed by atoms with E-state index in [0.29, 0.717) is 6.61 Å². The van der Waals surface area contributed by atoms with Crippen LogP contribution < -0.4 is 5.73 Å². The first-order valence-corrected chi connectivity index (χ1v) is 12.3. The molecule has 0 aliphatic heterocycles. The maximum Gasteiger partial charge on any atom is 0.319 e. The number of unbranched alkanes of at least 4 members (excludes halogenated alkanes) is 11. The van der Waals surface area contributed by atoms with Crippen molar-refractivity contribution in [2.75, 3.05) is 18.9 Å². The van der Waals surface area contributed by atoms with Gasteiger partial charge in [-0.25, -0.2) is 0 Å². The zero-order chi connectivity index (χ0) is 19.3. The van der Waals surface area contributed by atoms with Crippen LogP contribution >= 0.6 is 11.8 Å². The number of hydrogen-bond acceptors (Lipinski definition) is 4. The molecule has 0 aromatic carbocycles. The number of nitrogens with two attached hydrogens (primary N) is 1. The molecule has 1 atom stereocenters. The third kappa shape index (κ3) is 17.2. The van der Waals surface area contributed by atoms with Crippen LogP contribution in [-0.2, 0) is 9.53 Å². The zero-order valence-electron chi connectivity index (χ0n) is 17.6. The Labute approximate surface area is 167 Å². The summed E-state index contributed by atoms with van der Waals surface area (Å²) >= 11 is 1.82. The lowest BCUT2D eigenvalue weighted by Gasteiger charge is -2.15. The molecule has 0 saturated heterocycles. The highest BCUT2D eigenvalue weighted by molar-refractivity contribution is 8.00. The fraction of sp³-hybridized carbons (Fsp3) is 0.955. The lowest BCUT2D eigenvalue weighted by molar-refractivity contribution is -0.143. The van der Waals surface area contributed by atoms with Gasteiger partial charge in [0.15, 0.2) is 0 Å². The minimum absolute atomic E-state index is 0.0156. The summed E-state index contributed by atoms with van der Waals surface area (Å²) in [4.78, 5) is 12.3. The van der Waals surface area contributed by atoms with Crippen LogP contribution in [0.15, 0.2) is 0 Å². The average Bonchev–Trinajstić information content (AvgIpc) is 2.65. The van der Waals surface area contributed by atoms with E-state index in [1.54, 1.807) is 0 Å². The van der Waals surface area contributed by atoms with Gasteiger partial charge < -0.3 is 10.5 Å². The van der Waals surface area contributed by atoms with Gasteiger partial charge in [-0.3, -0.25) is 4.79 Å². The second kappa shape index (κ2) is 21.1. The van der Waals surface area contributed by atoms with Crippen LogP contribution in [0.2, 0.25) is 0 Å². The molecule has 0 spiro atoms. The number of esters is 1. The van der Waals surface area contributed by atoms with Crippen molar-refractivity contribution in [1.82, 2.24) is 0 Å². The molecule has 156 valence electrons. The lowest BCUT2D eigenvalue weighted by atomic mass is 10.1. The number of carbonyl (C=O) groups excluding carboxylic acids is 1. The van der Waals surface area contributed by atoms with Crippen molar-refractivity contribution in [1.29, 1.82) is 0 Å². The van der Waals surface area contributed by atoms with Gasteiger partial charge in [0, 0.05) is 0 Å². The quantitative estimate of drug-likeness (QED) is 0.192. The van der Waals surface area contributed by atoms with Gasteiger partial charge in [0.1, 0.15) is 5.25 Å². The molecule has 2 N–H and O–H groups in total. The summed E-state index contributed by atoms with van der Waals surface area (Å²) in [7, 11) is 0. The van der Waals surface area contributed by atoms with E-state index in [2.05, 4.69) is 13.8 Å². The predicted octanol–water partition coefficient (Wildman–Crippen LogP) is 6.48. The van der Waals surface area contributed by atoms with E-state index in [9.17, 15) is 4.79 Å². The summed E-state index contributed by atoms with van der Waals surface area (Å²) in [6, 6.07) is 0. The number of carbonyl (C=O) groups is 1. The van der Waals surface area contributed by atoms with E-state index < -0.39 is 0 Å². The van der Waals surface area contributed by atoms with Gasteiger partial charge in [-0.05, 0) is 38.0 Å². The van der Waals surface area contributed by atoms with Gasteiger partial charge in [-0.2, -0.15) is 0 Å². The lowest BCUT2D eigenvalue weighted by Crippen LogP contribution is -2.21. The van der Waals surface area contributed by atoms with Crippen LogP contribution in [0.1, 0.15) is 110 Å². The van der Waals surface area contributed by atoms with Gasteiger partial charge >= 0.3 is 5.97 Å². The van der Waals surface area contributed by atoms with E-state index in [-0.39, 0.29) is 11.2 Å². The van der Waals surface area contributed by atoms with Crippen LogP contribution in [0.4, 0.5) is 0 Å². The monoisotopic (exact) mass is 387 g/mol. The van der Waals surface area contributed by atoms with E-state index in [1.807, 2.05) is 11.8 Å². The Kier molecular flexibility index (Phi) is 20.9. The van der Waals surface area contributed by atoms with Crippen molar-refractivity contribution < 1.29 is 9.53 Å². The number of ether oxygens (including phenoxy) is 1. The third-order valence-corrected chi connectivity index (χ3v) is 6.10. The van der Waals surface area contributed by atoms with Crippen molar-refractivity contribution in [2.24, 2.45) is 5.73 Å². The molecule has 0 saturated carbocycles. The Morgan fingerprint density at radius 1 is 0.808 bits per heavy atom. The van der Waals surface area contributed by atoms with Crippen molar-refractivity contribution in [3.8, 4) is 0 Å². The zero-order valence-corrected chi connectivity index (χ0v) is 18.4. The summed E-state index contributed by atoms with van der Waals surface area (Å²) in [5.41, 5.74) is 5.49. The second-order valence-corrected chi connectivity index (χ2v) is 8.66. The topological polar surface area (TPSA) is 52.3 Å². The Balaban J connectivity index is 3.77. The van der Waals surface area contributed by atoms with Crippen molar-refractivity contribution in [3.05, 3.63) is 0 Å². The molecule has 26 heavy (non-hydrogen) atoms. The molecule has 0 radical (unpaired) electrons. The fourth-order valence-corrected chi connectivity index (χ4v) is 4.18.